The standard InChI is InChI=1S/C22H25F3N6O3/c1-11(19-30-17(22(23,24)25)9-18(26)31-19)27-20-13-7-16(34-21(5-6-21)10-32-3)15(33-4)8-14(13)28-12(2)29-20/h7-9,11H,5-6,10H2,1-4H3,(H2,26,30,31)(H,27,28,29)/t11-/m1/s1. The molecule has 1 aromatic carbocycles. The van der Waals surface area contributed by atoms with Crippen LogP contribution in [0.15, 0.2) is 18.2 Å². The molecule has 1 aliphatic rings. The molecule has 1 saturated carbocycles. The maximum Gasteiger partial charge on any atom is 0.433 e. The van der Waals surface area contributed by atoms with Crippen molar-refractivity contribution < 1.29 is 27.4 Å². The van der Waals surface area contributed by atoms with E-state index in [-0.39, 0.29) is 11.6 Å². The molecule has 2 aromatic heterocycles. The first-order valence-electron chi connectivity index (χ1n) is 10.6. The smallest absolute Gasteiger partial charge is 0.433 e. The molecule has 34 heavy (non-hydrogen) atoms. The van der Waals surface area contributed by atoms with Crippen LogP contribution in [0.25, 0.3) is 10.9 Å². The summed E-state index contributed by atoms with van der Waals surface area (Å²) in [6.07, 6.45) is -2.95. The average molecular weight is 478 g/mol. The van der Waals surface area contributed by atoms with E-state index in [4.69, 9.17) is 19.9 Å². The zero-order chi connectivity index (χ0) is 24.7. The number of hydrogen-bond acceptors (Lipinski definition) is 9. The molecule has 3 N–H and O–H groups in total. The summed E-state index contributed by atoms with van der Waals surface area (Å²) in [5, 5.41) is 3.69. The summed E-state index contributed by atoms with van der Waals surface area (Å²) in [5.41, 5.74) is 4.65. The normalized spacial score (nSPS) is 15.7. The van der Waals surface area contributed by atoms with Gasteiger partial charge in [-0.25, -0.2) is 19.9 Å². The van der Waals surface area contributed by atoms with Gasteiger partial charge in [-0.2, -0.15) is 13.2 Å². The molecule has 182 valence electrons. The van der Waals surface area contributed by atoms with Crippen molar-refractivity contribution >= 4 is 22.5 Å². The van der Waals surface area contributed by atoms with Crippen LogP contribution in [0.5, 0.6) is 11.5 Å². The van der Waals surface area contributed by atoms with Crippen LogP contribution >= 0.6 is 0 Å². The van der Waals surface area contributed by atoms with Gasteiger partial charge in [-0.3, -0.25) is 0 Å². The fourth-order valence-electron chi connectivity index (χ4n) is 3.61. The van der Waals surface area contributed by atoms with Crippen molar-refractivity contribution in [3.63, 3.8) is 0 Å². The van der Waals surface area contributed by atoms with Crippen molar-refractivity contribution in [1.82, 2.24) is 19.9 Å². The van der Waals surface area contributed by atoms with Crippen LogP contribution in [0.1, 0.15) is 43.1 Å². The van der Waals surface area contributed by atoms with Crippen molar-refractivity contribution in [2.24, 2.45) is 0 Å². The van der Waals surface area contributed by atoms with Gasteiger partial charge in [0.15, 0.2) is 17.3 Å². The van der Waals surface area contributed by atoms with Gasteiger partial charge in [0.25, 0.3) is 0 Å². The number of aryl methyl sites for hydroxylation is 1. The van der Waals surface area contributed by atoms with E-state index < -0.39 is 23.5 Å². The molecule has 0 aliphatic heterocycles. The molecule has 0 amide bonds. The van der Waals surface area contributed by atoms with Crippen LogP contribution in [-0.4, -0.2) is 46.4 Å². The van der Waals surface area contributed by atoms with Crippen LogP contribution in [-0.2, 0) is 10.9 Å². The quantitative estimate of drug-likeness (QED) is 0.494. The number of benzene rings is 1. The number of hydrogen-bond donors (Lipinski definition) is 2. The Balaban J connectivity index is 1.72. The van der Waals surface area contributed by atoms with Crippen LogP contribution in [0.2, 0.25) is 0 Å². The highest BCUT2D eigenvalue weighted by Gasteiger charge is 2.46. The van der Waals surface area contributed by atoms with Crippen molar-refractivity contribution in [3.05, 3.63) is 35.5 Å². The largest absolute Gasteiger partial charge is 0.493 e. The fraction of sp³-hybridized carbons (Fsp3) is 0.455. The molecule has 0 saturated heterocycles. The minimum atomic E-state index is -4.65. The minimum absolute atomic E-state index is 0.112. The average Bonchev–Trinajstić information content (AvgIpc) is 3.51. The van der Waals surface area contributed by atoms with E-state index in [9.17, 15) is 13.2 Å². The van der Waals surface area contributed by atoms with Crippen LogP contribution in [0.3, 0.4) is 0 Å². The SMILES string of the molecule is COCC1(Oc2cc3c(N[C@H](C)c4nc(N)cc(C(F)(F)F)n4)nc(C)nc3cc2OC)CC1. The lowest BCUT2D eigenvalue weighted by atomic mass is 10.2. The summed E-state index contributed by atoms with van der Waals surface area (Å²) in [5.74, 6) is 1.45. The highest BCUT2D eigenvalue weighted by atomic mass is 19.4. The topological polar surface area (TPSA) is 117 Å². The second kappa shape index (κ2) is 8.75. The molecular weight excluding hydrogens is 453 g/mol. The molecule has 12 heteroatoms. The Morgan fingerprint density at radius 3 is 2.44 bits per heavy atom. The van der Waals surface area contributed by atoms with Crippen LogP contribution in [0.4, 0.5) is 24.8 Å². The molecular formula is C22H25F3N6O3. The summed E-state index contributed by atoms with van der Waals surface area (Å²) >= 11 is 0. The van der Waals surface area contributed by atoms with E-state index in [0.29, 0.717) is 46.7 Å². The third kappa shape index (κ3) is 4.91. The van der Waals surface area contributed by atoms with Gasteiger partial charge < -0.3 is 25.3 Å². The molecule has 0 spiro atoms. The van der Waals surface area contributed by atoms with Crippen molar-refractivity contribution in [2.75, 3.05) is 31.9 Å². The number of alkyl halides is 3. The third-order valence-electron chi connectivity index (χ3n) is 5.43. The molecule has 0 bridgehead atoms. The maximum absolute atomic E-state index is 13.2. The Labute approximate surface area is 193 Å². The van der Waals surface area contributed by atoms with Gasteiger partial charge in [0.1, 0.15) is 28.8 Å². The molecule has 3 aromatic rings. The van der Waals surface area contributed by atoms with E-state index >= 15 is 0 Å². The summed E-state index contributed by atoms with van der Waals surface area (Å²) in [4.78, 5) is 16.5. The molecule has 2 heterocycles. The summed E-state index contributed by atoms with van der Waals surface area (Å²) in [6.45, 7) is 3.77. The van der Waals surface area contributed by atoms with Crippen LogP contribution in [0, 0.1) is 6.92 Å². The molecule has 0 radical (unpaired) electrons. The van der Waals surface area contributed by atoms with Crippen molar-refractivity contribution in [2.45, 2.75) is 44.5 Å². The Hall–Kier alpha value is -3.41. The van der Waals surface area contributed by atoms with Gasteiger partial charge in [0.2, 0.25) is 0 Å². The molecule has 9 nitrogen and oxygen atoms in total. The van der Waals surface area contributed by atoms with Gasteiger partial charge >= 0.3 is 6.18 Å². The first kappa shape index (κ1) is 23.7. The molecule has 1 fully saturated rings. The highest BCUT2D eigenvalue weighted by molar-refractivity contribution is 5.92. The predicted molar refractivity (Wildman–Crippen MR) is 119 cm³/mol. The Morgan fingerprint density at radius 1 is 1.09 bits per heavy atom. The number of rotatable bonds is 8. The van der Waals surface area contributed by atoms with Gasteiger partial charge in [0, 0.05) is 24.6 Å². The molecule has 1 aliphatic carbocycles. The van der Waals surface area contributed by atoms with Gasteiger partial charge in [-0.05, 0) is 32.8 Å². The second-order valence-corrected chi connectivity index (χ2v) is 8.26. The molecule has 1 atom stereocenters. The van der Waals surface area contributed by atoms with E-state index in [1.807, 2.05) is 0 Å². The number of methoxy groups -OCH3 is 2. The fourth-order valence-corrected chi connectivity index (χ4v) is 3.61. The minimum Gasteiger partial charge on any atom is -0.493 e. The summed E-state index contributed by atoms with van der Waals surface area (Å²) < 4.78 is 56.6. The molecule has 0 unspecified atom stereocenters. The third-order valence-corrected chi connectivity index (χ3v) is 5.43. The Morgan fingerprint density at radius 2 is 1.82 bits per heavy atom. The zero-order valence-electron chi connectivity index (χ0n) is 19.2. The second-order valence-electron chi connectivity index (χ2n) is 8.26. The lowest BCUT2D eigenvalue weighted by Crippen LogP contribution is -2.24. The van der Waals surface area contributed by atoms with Gasteiger partial charge in [-0.1, -0.05) is 0 Å². The maximum atomic E-state index is 13.2. The number of fused-ring (bicyclic) bond motifs is 1. The number of aromatic nitrogens is 4. The van der Waals surface area contributed by atoms with E-state index in [1.165, 1.54) is 7.11 Å². The van der Waals surface area contributed by atoms with Crippen molar-refractivity contribution in [3.8, 4) is 11.5 Å². The van der Waals surface area contributed by atoms with Crippen LogP contribution < -0.4 is 20.5 Å². The monoisotopic (exact) mass is 478 g/mol. The summed E-state index contributed by atoms with van der Waals surface area (Å²) in [7, 11) is 3.15. The lowest BCUT2D eigenvalue weighted by Gasteiger charge is -2.21. The Kier molecular flexibility index (Phi) is 6.11. The van der Waals surface area contributed by atoms with E-state index in [0.717, 1.165) is 12.8 Å². The number of anilines is 2. The number of nitrogen functional groups attached to an aromatic ring is 1. The summed E-state index contributed by atoms with van der Waals surface area (Å²) in [6, 6.07) is 3.44. The first-order valence-corrected chi connectivity index (χ1v) is 10.6. The number of nitrogens with two attached hydrogens (primary N) is 1. The Bertz CT molecular complexity index is 1220. The van der Waals surface area contributed by atoms with Gasteiger partial charge in [0.05, 0.1) is 25.3 Å². The number of nitrogens with zero attached hydrogens (tertiary/aromatic N) is 4. The first-order chi connectivity index (χ1) is 16.0. The zero-order valence-corrected chi connectivity index (χ0v) is 19.2. The predicted octanol–water partition coefficient (Wildman–Crippen LogP) is 4.07. The van der Waals surface area contributed by atoms with Crippen molar-refractivity contribution in [1.29, 1.82) is 0 Å². The molecule has 4 rings (SSSR count). The number of nitrogens with one attached hydrogen (secondary N) is 1. The van der Waals surface area contributed by atoms with Gasteiger partial charge in [-0.15, -0.1) is 0 Å². The highest BCUT2D eigenvalue weighted by Crippen LogP contribution is 2.44. The number of halogens is 3. The lowest BCUT2D eigenvalue weighted by molar-refractivity contribution is -0.141. The number of ether oxygens (including phenoxy) is 3. The van der Waals surface area contributed by atoms with E-state index in [1.54, 1.807) is 33.1 Å². The van der Waals surface area contributed by atoms with E-state index in [2.05, 4.69) is 25.3 Å².